The average molecular weight is 986 g/mol. The highest BCUT2D eigenvalue weighted by Crippen LogP contribution is 2.70. The minimum atomic E-state index is -1.55. The molecule has 1 saturated heterocycles. The number of allylic oxidation sites excluding steroid dienone is 4. The third kappa shape index (κ3) is 11.0. The fourth-order valence-electron chi connectivity index (χ4n) is 12.0. The number of halogens is 1. The fraction of sp³-hybridized carbons (Fsp3) is 0.547. The molecule has 6 aliphatic rings. The van der Waals surface area contributed by atoms with E-state index in [9.17, 15) is 39.0 Å². The fourth-order valence-corrected chi connectivity index (χ4v) is 12.0. The number of anilines is 1. The summed E-state index contributed by atoms with van der Waals surface area (Å²) in [5, 5.41) is 27.9. The molecule has 382 valence electrons. The number of hydrogen-bond donors (Lipinski definition) is 4. The summed E-state index contributed by atoms with van der Waals surface area (Å²) < 4.78 is 51.3. The molecule has 2 aliphatic heterocycles. The van der Waals surface area contributed by atoms with Gasteiger partial charge in [0.25, 0.3) is 11.8 Å². The Kier molecular flexibility index (Phi) is 16.6. The number of carbonyl (C=O) groups is 6. The lowest BCUT2D eigenvalue weighted by atomic mass is 9.46. The molecule has 71 heavy (non-hydrogen) atoms. The maximum atomic E-state index is 16.0. The second kappa shape index (κ2) is 22.6. The molecule has 18 heteroatoms. The number of rotatable bonds is 24. The molecule has 0 radical (unpaired) electrons. The first-order valence-electron chi connectivity index (χ1n) is 24.5. The smallest absolute Gasteiger partial charge is 0.253 e. The number of aliphatic hydroxyl groups is 2. The van der Waals surface area contributed by atoms with Crippen molar-refractivity contribution in [1.29, 1.82) is 0 Å². The Morgan fingerprint density at radius 3 is 2.20 bits per heavy atom. The molecule has 2 unspecified atom stereocenters. The Labute approximate surface area is 412 Å². The molecule has 2 heterocycles. The van der Waals surface area contributed by atoms with Crippen LogP contribution in [-0.2, 0) is 63.6 Å². The van der Waals surface area contributed by atoms with Crippen LogP contribution in [0.25, 0.3) is 0 Å². The van der Waals surface area contributed by atoms with Crippen molar-refractivity contribution < 1.29 is 71.8 Å². The molecule has 4 aliphatic carbocycles. The normalized spacial score (nSPS) is 30.4. The molecule has 2 aromatic carbocycles. The number of nitrogens with one attached hydrogen (secondary N) is 2. The van der Waals surface area contributed by atoms with Crippen molar-refractivity contribution in [3.63, 3.8) is 0 Å². The van der Waals surface area contributed by atoms with Crippen molar-refractivity contribution in [1.82, 2.24) is 10.2 Å². The van der Waals surface area contributed by atoms with Crippen molar-refractivity contribution in [3.05, 3.63) is 101 Å². The number of ether oxygens (including phenoxy) is 6. The largest absolute Gasteiger partial charge is 0.393 e. The van der Waals surface area contributed by atoms with Crippen LogP contribution >= 0.6 is 0 Å². The number of fused-ring (bicyclic) bond motifs is 7. The quantitative estimate of drug-likeness (QED) is 0.0871. The van der Waals surface area contributed by atoms with Crippen molar-refractivity contribution in [2.75, 3.05) is 77.9 Å². The molecule has 4 fully saturated rings. The van der Waals surface area contributed by atoms with Crippen LogP contribution in [0.5, 0.6) is 0 Å². The number of carbonyl (C=O) groups excluding carboxylic acids is 6. The van der Waals surface area contributed by atoms with Gasteiger partial charge < -0.3 is 49.3 Å². The summed E-state index contributed by atoms with van der Waals surface area (Å²) in [5.41, 5.74) is 0.326. The minimum Gasteiger partial charge on any atom is -0.393 e. The number of imide groups is 1. The van der Waals surface area contributed by atoms with Gasteiger partial charge in [-0.1, -0.05) is 56.3 Å². The number of ketones is 2. The van der Waals surface area contributed by atoms with Gasteiger partial charge in [0, 0.05) is 59.7 Å². The predicted octanol–water partition coefficient (Wildman–Crippen LogP) is 3.65. The third-order valence-corrected chi connectivity index (χ3v) is 15.3. The Bertz CT molecular complexity index is 2390. The summed E-state index contributed by atoms with van der Waals surface area (Å²) in [4.78, 5) is 74.9. The van der Waals surface area contributed by atoms with E-state index in [2.05, 4.69) is 10.6 Å². The van der Waals surface area contributed by atoms with Crippen molar-refractivity contribution in [3.8, 4) is 0 Å². The van der Waals surface area contributed by atoms with E-state index >= 15 is 4.39 Å². The van der Waals surface area contributed by atoms with E-state index in [1.54, 1.807) is 6.08 Å². The number of aliphatic hydroxyl groups excluding tert-OH is 2. The summed E-state index contributed by atoms with van der Waals surface area (Å²) in [5.74, 6) is -3.03. The van der Waals surface area contributed by atoms with Gasteiger partial charge in [-0.3, -0.25) is 33.7 Å². The molecular formula is C53H64FN3O14. The van der Waals surface area contributed by atoms with E-state index in [0.717, 1.165) is 16.0 Å². The van der Waals surface area contributed by atoms with E-state index in [1.807, 2.05) is 62.4 Å². The van der Waals surface area contributed by atoms with Crippen LogP contribution in [0.4, 0.5) is 10.1 Å². The van der Waals surface area contributed by atoms with Gasteiger partial charge in [-0.25, -0.2) is 4.39 Å². The summed E-state index contributed by atoms with van der Waals surface area (Å²) in [6.45, 7) is 5.92. The highest BCUT2D eigenvalue weighted by molar-refractivity contribution is 6.13. The van der Waals surface area contributed by atoms with E-state index < -0.39 is 65.3 Å². The third-order valence-electron chi connectivity index (χ3n) is 15.3. The Morgan fingerprint density at radius 1 is 0.831 bits per heavy atom. The minimum absolute atomic E-state index is 0.0223. The molecular weight excluding hydrogens is 922 g/mol. The van der Waals surface area contributed by atoms with Gasteiger partial charge in [0.05, 0.1) is 71.5 Å². The summed E-state index contributed by atoms with van der Waals surface area (Å²) in [6.07, 6.45) is 4.43. The summed E-state index contributed by atoms with van der Waals surface area (Å²) in [6, 6.07) is 15.3. The molecule has 3 saturated carbocycles. The zero-order valence-corrected chi connectivity index (χ0v) is 40.2. The maximum Gasteiger partial charge on any atom is 0.253 e. The lowest BCUT2D eigenvalue weighted by molar-refractivity contribution is -0.203. The Balaban J connectivity index is 0.714. The first-order valence-corrected chi connectivity index (χ1v) is 24.5. The number of Topliss-reactive ketones (excluding diaryl/α,β-unsaturated/α-hetero) is 1. The summed E-state index contributed by atoms with van der Waals surface area (Å²) in [7, 11) is 0. The number of benzene rings is 2. The first kappa shape index (κ1) is 52.0. The Hall–Kier alpha value is -5.31. The molecule has 0 aromatic heterocycles. The number of hydrogen-bond acceptors (Lipinski definition) is 14. The van der Waals surface area contributed by atoms with Gasteiger partial charge >= 0.3 is 0 Å². The van der Waals surface area contributed by atoms with Crippen LogP contribution in [0.3, 0.4) is 0 Å². The van der Waals surface area contributed by atoms with Crippen molar-refractivity contribution in [2.45, 2.75) is 82.6 Å². The molecule has 2 aromatic rings. The van der Waals surface area contributed by atoms with Crippen LogP contribution in [0.2, 0.25) is 0 Å². The van der Waals surface area contributed by atoms with Crippen molar-refractivity contribution in [2.24, 2.45) is 28.6 Å². The predicted molar refractivity (Wildman–Crippen MR) is 253 cm³/mol. The zero-order chi connectivity index (χ0) is 50.3. The average Bonchev–Trinajstić information content (AvgIpc) is 3.97. The standard InChI is InChI=1S/C53H64FN3O14/c1-51-15-12-37(59)28-40(51)41(54)29-38-39-30-44-53(43(61)32-58,52(39,2)31-42(60)49(38)51)71-50(70-44)35-8-6-33(7-9-35)26-34-4-3-5-36(27-34)56-46(63)14-18-66-20-22-68-24-25-69-23-21-67-19-16-55-45(62)13-17-57-47(64)10-11-48(57)65/h3-12,15,27-28,38-39,41-42,44,49-50,58,60H,13-14,16-26,29-32H2,1-2H3,(H,55,62)(H,56,63)/t38-,39?,41-,42-,44+,49?,50+,51-,52-,53+/m0/s1. The van der Waals surface area contributed by atoms with Crippen LogP contribution in [0.15, 0.2) is 84.5 Å². The van der Waals surface area contributed by atoms with Gasteiger partial charge in [-0.15, -0.1) is 0 Å². The van der Waals surface area contributed by atoms with Gasteiger partial charge in [0.15, 0.2) is 23.5 Å². The lowest BCUT2D eigenvalue weighted by Gasteiger charge is -2.60. The number of amides is 4. The molecule has 4 amide bonds. The number of alkyl halides is 1. The molecule has 8 rings (SSSR count). The van der Waals surface area contributed by atoms with E-state index in [0.29, 0.717) is 75.9 Å². The molecule has 4 N–H and O–H groups in total. The van der Waals surface area contributed by atoms with E-state index in [4.69, 9.17) is 28.4 Å². The van der Waals surface area contributed by atoms with Gasteiger partial charge in [-0.05, 0) is 78.5 Å². The summed E-state index contributed by atoms with van der Waals surface area (Å²) >= 11 is 0. The van der Waals surface area contributed by atoms with Gasteiger partial charge in [-0.2, -0.15) is 0 Å². The van der Waals surface area contributed by atoms with E-state index in [1.165, 1.54) is 24.3 Å². The van der Waals surface area contributed by atoms with Crippen molar-refractivity contribution >= 4 is 40.9 Å². The van der Waals surface area contributed by atoms with E-state index in [-0.39, 0.29) is 80.8 Å². The second-order valence-electron chi connectivity index (χ2n) is 19.6. The molecule has 0 spiro atoms. The highest BCUT2D eigenvalue weighted by Gasteiger charge is 2.76. The lowest BCUT2D eigenvalue weighted by Crippen LogP contribution is -2.64. The number of nitrogens with zero attached hydrogens (tertiary/aromatic N) is 1. The van der Waals surface area contributed by atoms with Gasteiger partial charge in [0.1, 0.15) is 12.8 Å². The van der Waals surface area contributed by atoms with Crippen LogP contribution in [0.1, 0.15) is 68.9 Å². The second-order valence-corrected chi connectivity index (χ2v) is 19.6. The van der Waals surface area contributed by atoms with Crippen LogP contribution in [0, 0.1) is 28.6 Å². The monoisotopic (exact) mass is 985 g/mol. The highest BCUT2D eigenvalue weighted by atomic mass is 19.1. The molecule has 17 nitrogen and oxygen atoms in total. The van der Waals surface area contributed by atoms with Crippen LogP contribution in [-0.4, -0.2) is 147 Å². The Morgan fingerprint density at radius 2 is 1.51 bits per heavy atom. The SMILES string of the molecule is C[C@]12C=CC(=O)C=C1[C@@H](F)C[C@@H]1C2[C@@H](O)C[C@@]2(C)C1C[C@H]1O[C@@H](c3ccc(Cc4cccc(NC(=O)CCOCCOCCOCCOCCNC(=O)CCN5C(=O)C=CC5=O)c4)cc3)O[C@]12C(=O)CO. The molecule has 10 atom stereocenters. The topological polar surface area (TPSA) is 226 Å². The maximum absolute atomic E-state index is 16.0. The van der Waals surface area contributed by atoms with Gasteiger partial charge in [0.2, 0.25) is 11.8 Å². The first-order chi connectivity index (χ1) is 34.2. The van der Waals surface area contributed by atoms with Crippen LogP contribution < -0.4 is 10.6 Å². The zero-order valence-electron chi connectivity index (χ0n) is 40.2. The molecule has 0 bridgehead atoms.